The first-order chi connectivity index (χ1) is 9.26. The molecule has 1 aliphatic rings. The third-order valence-corrected chi connectivity index (χ3v) is 4.16. The van der Waals surface area contributed by atoms with Crippen LogP contribution in [0.25, 0.3) is 0 Å². The van der Waals surface area contributed by atoms with Gasteiger partial charge in [0.05, 0.1) is 19.0 Å². The second-order valence-electron chi connectivity index (χ2n) is 5.59. The van der Waals surface area contributed by atoms with Gasteiger partial charge in [-0.2, -0.15) is 5.10 Å². The molecule has 0 aliphatic heterocycles. The van der Waals surface area contributed by atoms with E-state index in [4.69, 9.17) is 4.74 Å². The summed E-state index contributed by atoms with van der Waals surface area (Å²) >= 11 is 0. The molecule has 1 saturated carbocycles. The van der Waals surface area contributed by atoms with E-state index in [0.717, 1.165) is 12.3 Å². The van der Waals surface area contributed by atoms with Gasteiger partial charge in [-0.3, -0.25) is 4.68 Å². The lowest BCUT2D eigenvalue weighted by atomic mass is 9.94. The molecule has 4 heteroatoms. The van der Waals surface area contributed by atoms with Gasteiger partial charge in [0.25, 0.3) is 0 Å². The van der Waals surface area contributed by atoms with Crippen LogP contribution in [0.2, 0.25) is 0 Å². The van der Waals surface area contributed by atoms with Crippen LogP contribution in [0.3, 0.4) is 0 Å². The Hall–Kier alpha value is -1.03. The number of aromatic nitrogens is 2. The molecule has 0 radical (unpaired) electrons. The predicted octanol–water partition coefficient (Wildman–Crippen LogP) is 2.84. The van der Waals surface area contributed by atoms with Crippen LogP contribution in [0.4, 0.5) is 0 Å². The minimum absolute atomic E-state index is 0.569. The van der Waals surface area contributed by atoms with Crippen LogP contribution in [0.5, 0.6) is 5.75 Å². The Bertz CT molecular complexity index is 389. The van der Waals surface area contributed by atoms with Gasteiger partial charge in [-0.15, -0.1) is 0 Å². The number of ether oxygens (including phenoxy) is 1. The van der Waals surface area contributed by atoms with E-state index in [1.54, 1.807) is 7.11 Å². The van der Waals surface area contributed by atoms with Crippen molar-refractivity contribution in [1.82, 2.24) is 15.1 Å². The molecule has 1 heterocycles. The average molecular weight is 265 g/mol. The van der Waals surface area contributed by atoms with Gasteiger partial charge in [-0.1, -0.05) is 19.8 Å². The minimum Gasteiger partial charge on any atom is -0.493 e. The molecule has 2 atom stereocenters. The molecular weight excluding hydrogens is 238 g/mol. The zero-order valence-corrected chi connectivity index (χ0v) is 12.5. The van der Waals surface area contributed by atoms with Crippen LogP contribution in [-0.4, -0.2) is 29.5 Å². The first-order valence-corrected chi connectivity index (χ1v) is 7.55. The van der Waals surface area contributed by atoms with E-state index in [1.165, 1.54) is 44.2 Å². The van der Waals surface area contributed by atoms with Gasteiger partial charge in [0.2, 0.25) is 0 Å². The van der Waals surface area contributed by atoms with Gasteiger partial charge in [0.15, 0.2) is 5.75 Å². The molecule has 2 unspecified atom stereocenters. The number of methoxy groups -OCH3 is 1. The van der Waals surface area contributed by atoms with Crippen molar-refractivity contribution in [2.75, 3.05) is 13.7 Å². The van der Waals surface area contributed by atoms with Crippen molar-refractivity contribution in [3.63, 3.8) is 0 Å². The molecule has 0 saturated heterocycles. The van der Waals surface area contributed by atoms with Crippen molar-refractivity contribution in [3.8, 4) is 5.75 Å². The van der Waals surface area contributed by atoms with Crippen molar-refractivity contribution in [1.29, 1.82) is 0 Å². The number of nitrogens with zero attached hydrogens (tertiary/aromatic N) is 2. The van der Waals surface area contributed by atoms with Gasteiger partial charge in [-0.05, 0) is 32.2 Å². The molecule has 1 aliphatic carbocycles. The first-order valence-electron chi connectivity index (χ1n) is 7.55. The molecule has 0 aromatic carbocycles. The van der Waals surface area contributed by atoms with E-state index in [2.05, 4.69) is 17.3 Å². The highest BCUT2D eigenvalue weighted by atomic mass is 16.5. The summed E-state index contributed by atoms with van der Waals surface area (Å²) in [5.74, 6) is 1.52. The van der Waals surface area contributed by atoms with Crippen LogP contribution >= 0.6 is 0 Å². The van der Waals surface area contributed by atoms with E-state index in [9.17, 15) is 0 Å². The van der Waals surface area contributed by atoms with Gasteiger partial charge >= 0.3 is 0 Å². The summed E-state index contributed by atoms with van der Waals surface area (Å²) in [6.07, 6.45) is 9.44. The maximum Gasteiger partial charge on any atom is 0.160 e. The standard InChI is InChI=1S/C15H27N3O/c1-4-9-16-13-8-6-5-7-12(10-13)15-14(19-3)11-17-18(15)2/h11-13,16H,4-10H2,1-3H3. The summed E-state index contributed by atoms with van der Waals surface area (Å²) in [4.78, 5) is 0. The SMILES string of the molecule is CCCNC1CCCCC(c2c(OC)cnn2C)C1. The van der Waals surface area contributed by atoms with Crippen LogP contribution < -0.4 is 10.1 Å². The number of hydrogen-bond donors (Lipinski definition) is 1. The summed E-state index contributed by atoms with van der Waals surface area (Å²) in [5.41, 5.74) is 1.27. The smallest absolute Gasteiger partial charge is 0.160 e. The fraction of sp³-hybridized carbons (Fsp3) is 0.800. The Kier molecular flexibility index (Phi) is 5.25. The first kappa shape index (κ1) is 14.4. The second-order valence-corrected chi connectivity index (χ2v) is 5.59. The Labute approximate surface area is 116 Å². The molecule has 0 spiro atoms. The lowest BCUT2D eigenvalue weighted by molar-refractivity contribution is 0.387. The van der Waals surface area contributed by atoms with Crippen molar-refractivity contribution in [2.24, 2.45) is 7.05 Å². The Balaban J connectivity index is 2.10. The summed E-state index contributed by atoms with van der Waals surface area (Å²) in [6.45, 7) is 3.35. The molecule has 108 valence electrons. The van der Waals surface area contributed by atoms with Crippen molar-refractivity contribution < 1.29 is 4.74 Å². The molecule has 0 amide bonds. The molecular formula is C15H27N3O. The number of aryl methyl sites for hydroxylation is 1. The fourth-order valence-electron chi connectivity index (χ4n) is 3.19. The third kappa shape index (κ3) is 3.50. The van der Waals surface area contributed by atoms with Crippen LogP contribution in [0, 0.1) is 0 Å². The molecule has 1 aromatic rings. The maximum absolute atomic E-state index is 5.47. The number of rotatable bonds is 5. The molecule has 2 rings (SSSR count). The predicted molar refractivity (Wildman–Crippen MR) is 77.7 cm³/mol. The monoisotopic (exact) mass is 265 g/mol. The van der Waals surface area contributed by atoms with E-state index in [0.29, 0.717) is 12.0 Å². The van der Waals surface area contributed by atoms with E-state index in [1.807, 2.05) is 17.9 Å². The van der Waals surface area contributed by atoms with Gasteiger partial charge < -0.3 is 10.1 Å². The van der Waals surface area contributed by atoms with Gasteiger partial charge in [-0.25, -0.2) is 0 Å². The summed E-state index contributed by atoms with van der Waals surface area (Å²) < 4.78 is 7.46. The van der Waals surface area contributed by atoms with Crippen molar-refractivity contribution in [2.45, 2.75) is 57.4 Å². The van der Waals surface area contributed by atoms with E-state index < -0.39 is 0 Å². The number of hydrogen-bond acceptors (Lipinski definition) is 3. The Morgan fingerprint density at radius 3 is 2.95 bits per heavy atom. The zero-order chi connectivity index (χ0) is 13.7. The number of nitrogens with one attached hydrogen (secondary N) is 1. The highest BCUT2D eigenvalue weighted by Crippen LogP contribution is 2.36. The highest BCUT2D eigenvalue weighted by Gasteiger charge is 2.26. The Morgan fingerprint density at radius 2 is 2.21 bits per heavy atom. The zero-order valence-electron chi connectivity index (χ0n) is 12.5. The molecule has 1 N–H and O–H groups in total. The molecule has 0 bridgehead atoms. The molecule has 19 heavy (non-hydrogen) atoms. The fourth-order valence-corrected chi connectivity index (χ4v) is 3.19. The quantitative estimate of drug-likeness (QED) is 0.832. The van der Waals surface area contributed by atoms with Gasteiger partial charge in [0, 0.05) is 19.0 Å². The molecule has 4 nitrogen and oxygen atoms in total. The largest absolute Gasteiger partial charge is 0.493 e. The topological polar surface area (TPSA) is 39.1 Å². The van der Waals surface area contributed by atoms with Crippen LogP contribution in [0.1, 0.15) is 57.1 Å². The highest BCUT2D eigenvalue weighted by molar-refractivity contribution is 5.29. The van der Waals surface area contributed by atoms with Crippen molar-refractivity contribution in [3.05, 3.63) is 11.9 Å². The molecule has 1 aromatic heterocycles. The Morgan fingerprint density at radius 1 is 1.42 bits per heavy atom. The maximum atomic E-state index is 5.47. The lowest BCUT2D eigenvalue weighted by Gasteiger charge is -2.22. The normalized spacial score (nSPS) is 24.2. The second kappa shape index (κ2) is 6.94. The van der Waals surface area contributed by atoms with Crippen LogP contribution in [0.15, 0.2) is 6.20 Å². The third-order valence-electron chi connectivity index (χ3n) is 4.16. The average Bonchev–Trinajstić information content (AvgIpc) is 2.65. The minimum atomic E-state index is 0.569. The van der Waals surface area contributed by atoms with E-state index in [-0.39, 0.29) is 0 Å². The lowest BCUT2D eigenvalue weighted by Crippen LogP contribution is -2.30. The summed E-state index contributed by atoms with van der Waals surface area (Å²) in [5, 5.41) is 8.04. The molecule has 1 fully saturated rings. The van der Waals surface area contributed by atoms with E-state index >= 15 is 0 Å². The van der Waals surface area contributed by atoms with Crippen LogP contribution in [-0.2, 0) is 7.05 Å². The summed E-state index contributed by atoms with van der Waals surface area (Å²) in [7, 11) is 3.77. The van der Waals surface area contributed by atoms with Crippen molar-refractivity contribution >= 4 is 0 Å². The van der Waals surface area contributed by atoms with Gasteiger partial charge in [0.1, 0.15) is 0 Å². The summed E-state index contributed by atoms with van der Waals surface area (Å²) in [6, 6.07) is 0.645.